The minimum Gasteiger partial charge on any atom is -0.478 e. The number of halogens is 3. The van der Waals surface area contributed by atoms with Gasteiger partial charge in [-0.15, -0.1) is 0 Å². The second kappa shape index (κ2) is 5.93. The van der Waals surface area contributed by atoms with E-state index in [0.29, 0.717) is 4.31 Å². The van der Waals surface area contributed by atoms with Gasteiger partial charge in [0.25, 0.3) is 6.43 Å². The molecule has 0 unspecified atom stereocenters. The molecule has 0 spiro atoms. The Bertz CT molecular complexity index is 591. The molecule has 0 amide bonds. The molecule has 0 aromatic heterocycles. The van der Waals surface area contributed by atoms with Crippen molar-refractivity contribution in [3.05, 3.63) is 28.2 Å². The van der Waals surface area contributed by atoms with Gasteiger partial charge in [-0.1, -0.05) is 0 Å². The van der Waals surface area contributed by atoms with Crippen molar-refractivity contribution in [1.82, 2.24) is 4.31 Å². The second-order valence-corrected chi connectivity index (χ2v) is 6.49. The molecule has 0 bridgehead atoms. The zero-order chi connectivity index (χ0) is 14.8. The molecule has 0 aliphatic heterocycles. The van der Waals surface area contributed by atoms with Crippen LogP contribution in [0.25, 0.3) is 0 Å². The van der Waals surface area contributed by atoms with Crippen LogP contribution in [-0.2, 0) is 10.0 Å². The molecule has 0 aliphatic rings. The topological polar surface area (TPSA) is 74.7 Å². The van der Waals surface area contributed by atoms with Crippen LogP contribution in [0.3, 0.4) is 0 Å². The number of sulfonamides is 1. The van der Waals surface area contributed by atoms with Gasteiger partial charge in [0, 0.05) is 11.5 Å². The third-order valence-electron chi connectivity index (χ3n) is 2.26. The fraction of sp³-hybridized carbons (Fsp3) is 0.300. The van der Waals surface area contributed by atoms with E-state index in [0.717, 1.165) is 25.2 Å². The van der Waals surface area contributed by atoms with Gasteiger partial charge in [-0.25, -0.2) is 22.0 Å². The van der Waals surface area contributed by atoms with Crippen molar-refractivity contribution < 1.29 is 27.1 Å². The number of aromatic carboxylic acids is 1. The van der Waals surface area contributed by atoms with E-state index < -0.39 is 29.0 Å². The Morgan fingerprint density at radius 3 is 2.47 bits per heavy atom. The summed E-state index contributed by atoms with van der Waals surface area (Å²) in [6.07, 6.45) is -2.79. The van der Waals surface area contributed by atoms with Crippen molar-refractivity contribution in [3.8, 4) is 0 Å². The third kappa shape index (κ3) is 3.71. The van der Waals surface area contributed by atoms with E-state index in [-0.39, 0.29) is 14.9 Å². The summed E-state index contributed by atoms with van der Waals surface area (Å²) >= 11 is 2.93. The molecule has 0 fully saturated rings. The Morgan fingerprint density at radius 1 is 1.47 bits per heavy atom. The lowest BCUT2D eigenvalue weighted by atomic mass is 10.2. The van der Waals surface area contributed by atoms with Crippen molar-refractivity contribution in [1.29, 1.82) is 0 Å². The van der Waals surface area contributed by atoms with Gasteiger partial charge in [0.2, 0.25) is 10.0 Å². The largest absolute Gasteiger partial charge is 0.478 e. The van der Waals surface area contributed by atoms with Crippen LogP contribution in [0.2, 0.25) is 0 Å². The van der Waals surface area contributed by atoms with E-state index in [1.165, 1.54) is 0 Å². The minimum atomic E-state index is -4.09. The monoisotopic (exact) mass is 357 g/mol. The average molecular weight is 358 g/mol. The number of benzene rings is 1. The maximum absolute atomic E-state index is 12.2. The average Bonchev–Trinajstić information content (AvgIpc) is 2.27. The highest BCUT2D eigenvalue weighted by Gasteiger charge is 2.26. The Morgan fingerprint density at radius 2 is 2.05 bits per heavy atom. The number of rotatable bonds is 5. The van der Waals surface area contributed by atoms with Crippen LogP contribution in [0.5, 0.6) is 0 Å². The highest BCUT2D eigenvalue weighted by molar-refractivity contribution is 9.10. The standard InChI is InChI=1S/C10H10BrF2NO4S/c1-14(5-9(12)13)19(17,18)8-3-2-6(10(15)16)4-7(8)11/h2-4,9H,5H2,1H3,(H,15,16). The molecule has 5 nitrogen and oxygen atoms in total. The highest BCUT2D eigenvalue weighted by atomic mass is 79.9. The van der Waals surface area contributed by atoms with Crippen LogP contribution in [0, 0.1) is 0 Å². The first kappa shape index (κ1) is 16.0. The Hall–Kier alpha value is -1.06. The lowest BCUT2D eigenvalue weighted by Gasteiger charge is -2.17. The van der Waals surface area contributed by atoms with E-state index in [2.05, 4.69) is 15.9 Å². The Kier molecular flexibility index (Phi) is 4.99. The first-order valence-electron chi connectivity index (χ1n) is 4.93. The van der Waals surface area contributed by atoms with Gasteiger partial charge in [-0.05, 0) is 34.1 Å². The number of carboxylic acid groups (broad SMARTS) is 1. The summed E-state index contributed by atoms with van der Waals surface area (Å²) in [6, 6.07) is 3.26. The molecule has 1 N–H and O–H groups in total. The maximum Gasteiger partial charge on any atom is 0.335 e. The molecule has 106 valence electrons. The predicted molar refractivity (Wildman–Crippen MR) is 66.9 cm³/mol. The van der Waals surface area contributed by atoms with E-state index >= 15 is 0 Å². The van der Waals surface area contributed by atoms with Crippen LogP contribution < -0.4 is 0 Å². The summed E-state index contributed by atoms with van der Waals surface area (Å²) in [4.78, 5) is 10.5. The van der Waals surface area contributed by atoms with Crippen molar-refractivity contribution in [2.45, 2.75) is 11.3 Å². The number of hydrogen-bond acceptors (Lipinski definition) is 3. The van der Waals surface area contributed by atoms with Gasteiger partial charge in [-0.3, -0.25) is 0 Å². The molecule has 0 saturated heterocycles. The summed E-state index contributed by atoms with van der Waals surface area (Å²) in [5.74, 6) is -1.22. The highest BCUT2D eigenvalue weighted by Crippen LogP contribution is 2.26. The van der Waals surface area contributed by atoms with Crippen LogP contribution in [0.1, 0.15) is 10.4 Å². The lowest BCUT2D eigenvalue weighted by Crippen LogP contribution is -2.31. The molecular weight excluding hydrogens is 348 g/mol. The number of hydrogen-bond donors (Lipinski definition) is 1. The molecule has 9 heteroatoms. The van der Waals surface area contributed by atoms with Crippen molar-refractivity contribution in [2.24, 2.45) is 0 Å². The number of nitrogens with zero attached hydrogens (tertiary/aromatic N) is 1. The number of carbonyl (C=O) groups is 1. The normalized spacial score (nSPS) is 12.1. The molecule has 19 heavy (non-hydrogen) atoms. The fourth-order valence-corrected chi connectivity index (χ4v) is 3.49. The smallest absolute Gasteiger partial charge is 0.335 e. The zero-order valence-corrected chi connectivity index (χ0v) is 12.1. The first-order chi connectivity index (χ1) is 8.66. The fourth-order valence-electron chi connectivity index (χ4n) is 1.30. The van der Waals surface area contributed by atoms with Gasteiger partial charge in [0.1, 0.15) is 0 Å². The quantitative estimate of drug-likeness (QED) is 0.874. The third-order valence-corrected chi connectivity index (χ3v) is 5.06. The van der Waals surface area contributed by atoms with E-state index in [4.69, 9.17) is 5.11 Å². The van der Waals surface area contributed by atoms with Gasteiger partial charge in [0.15, 0.2) is 0 Å². The number of carboxylic acids is 1. The first-order valence-corrected chi connectivity index (χ1v) is 7.17. The predicted octanol–water partition coefficient (Wildman–Crippen LogP) is 2.03. The molecule has 0 atom stereocenters. The van der Waals surface area contributed by atoms with Crippen molar-refractivity contribution in [3.63, 3.8) is 0 Å². The maximum atomic E-state index is 12.2. The van der Waals surface area contributed by atoms with Crippen molar-refractivity contribution in [2.75, 3.05) is 13.6 Å². The molecule has 1 aromatic rings. The Balaban J connectivity index is 3.19. The summed E-state index contributed by atoms with van der Waals surface area (Å²) in [5, 5.41) is 8.75. The van der Waals surface area contributed by atoms with Gasteiger partial charge in [-0.2, -0.15) is 4.31 Å². The lowest BCUT2D eigenvalue weighted by molar-refractivity contribution is 0.0696. The second-order valence-electron chi connectivity index (χ2n) is 3.63. The van der Waals surface area contributed by atoms with Crippen LogP contribution in [-0.4, -0.2) is 43.8 Å². The van der Waals surface area contributed by atoms with Crippen molar-refractivity contribution >= 4 is 31.9 Å². The number of alkyl halides is 2. The van der Waals surface area contributed by atoms with Crippen LogP contribution >= 0.6 is 15.9 Å². The molecular formula is C10H10BrF2NO4S. The van der Waals surface area contributed by atoms with Gasteiger partial charge in [0.05, 0.1) is 17.0 Å². The summed E-state index contributed by atoms with van der Waals surface area (Å²) in [5.41, 5.74) is -0.109. The zero-order valence-electron chi connectivity index (χ0n) is 9.68. The van der Waals surface area contributed by atoms with Crippen LogP contribution in [0.15, 0.2) is 27.6 Å². The van der Waals surface area contributed by atoms with Gasteiger partial charge < -0.3 is 5.11 Å². The van der Waals surface area contributed by atoms with E-state index in [1.54, 1.807) is 0 Å². The van der Waals surface area contributed by atoms with Crippen LogP contribution in [0.4, 0.5) is 8.78 Å². The summed E-state index contributed by atoms with van der Waals surface area (Å²) < 4.78 is 48.9. The molecule has 0 aliphatic carbocycles. The Labute approximate surface area is 117 Å². The summed E-state index contributed by atoms with van der Waals surface area (Å²) in [7, 11) is -3.07. The molecule has 1 rings (SSSR count). The molecule has 1 aromatic carbocycles. The SMILES string of the molecule is CN(CC(F)F)S(=O)(=O)c1ccc(C(=O)O)cc1Br. The molecule has 0 saturated carbocycles. The van der Waals surface area contributed by atoms with E-state index in [9.17, 15) is 22.0 Å². The molecule has 0 radical (unpaired) electrons. The summed E-state index contributed by atoms with van der Waals surface area (Å²) in [6.45, 7) is -0.935. The van der Waals surface area contributed by atoms with Gasteiger partial charge >= 0.3 is 5.97 Å². The minimum absolute atomic E-state index is 0.00789. The van der Waals surface area contributed by atoms with E-state index in [1.807, 2.05) is 0 Å². The molecule has 0 heterocycles.